The van der Waals surface area contributed by atoms with Gasteiger partial charge in [0.1, 0.15) is 4.90 Å². The van der Waals surface area contributed by atoms with Gasteiger partial charge in [-0.2, -0.15) is 4.31 Å². The molecule has 9 heteroatoms. The van der Waals surface area contributed by atoms with Gasteiger partial charge in [0, 0.05) is 42.5 Å². The standard InChI is InChI=1S/C20H19BrClN3O2S2/c21-16-5-3-4-15(12-16)13-17-14-28-20(23-17)24-8-10-25(11-9-24)29(26,27)19-7-2-1-6-18(19)22/h1-7,12,14H,8-11,13H2. The lowest BCUT2D eigenvalue weighted by Crippen LogP contribution is -2.48. The van der Waals surface area contributed by atoms with Crippen molar-refractivity contribution in [2.75, 3.05) is 31.1 Å². The summed E-state index contributed by atoms with van der Waals surface area (Å²) in [6, 6.07) is 14.8. The van der Waals surface area contributed by atoms with E-state index in [2.05, 4.69) is 38.3 Å². The fourth-order valence-electron chi connectivity index (χ4n) is 3.29. The molecule has 0 spiro atoms. The lowest BCUT2D eigenvalue weighted by atomic mass is 10.1. The lowest BCUT2D eigenvalue weighted by molar-refractivity contribution is 0.384. The molecule has 1 fully saturated rings. The minimum atomic E-state index is -3.58. The highest BCUT2D eigenvalue weighted by Gasteiger charge is 2.30. The third kappa shape index (κ3) is 4.67. The fourth-order valence-corrected chi connectivity index (χ4v) is 6.53. The topological polar surface area (TPSA) is 53.5 Å². The number of halogens is 2. The molecule has 0 bridgehead atoms. The van der Waals surface area contributed by atoms with Crippen molar-refractivity contribution in [2.24, 2.45) is 0 Å². The highest BCUT2D eigenvalue weighted by atomic mass is 79.9. The van der Waals surface area contributed by atoms with Gasteiger partial charge in [0.2, 0.25) is 10.0 Å². The minimum absolute atomic E-state index is 0.167. The van der Waals surface area contributed by atoms with Crippen LogP contribution in [0.3, 0.4) is 0 Å². The maximum atomic E-state index is 12.9. The van der Waals surface area contributed by atoms with E-state index >= 15 is 0 Å². The van der Waals surface area contributed by atoms with Crippen LogP contribution in [0.25, 0.3) is 0 Å². The van der Waals surface area contributed by atoms with Gasteiger partial charge in [0.15, 0.2) is 5.13 Å². The number of aromatic nitrogens is 1. The number of sulfonamides is 1. The number of hydrogen-bond acceptors (Lipinski definition) is 5. The maximum absolute atomic E-state index is 12.9. The second-order valence-corrected chi connectivity index (χ2v) is 10.8. The summed E-state index contributed by atoms with van der Waals surface area (Å²) >= 11 is 11.2. The molecule has 0 unspecified atom stereocenters. The Morgan fingerprint density at radius 1 is 1.07 bits per heavy atom. The van der Waals surface area contributed by atoms with Gasteiger partial charge in [0.25, 0.3) is 0 Å². The summed E-state index contributed by atoms with van der Waals surface area (Å²) in [5, 5.41) is 3.26. The van der Waals surface area contributed by atoms with Gasteiger partial charge < -0.3 is 4.90 Å². The first-order chi connectivity index (χ1) is 13.9. The molecule has 0 radical (unpaired) electrons. The summed E-state index contributed by atoms with van der Waals surface area (Å²) in [6.07, 6.45) is 0.775. The van der Waals surface area contributed by atoms with E-state index in [0.29, 0.717) is 26.2 Å². The number of hydrogen-bond donors (Lipinski definition) is 0. The first kappa shape index (κ1) is 20.8. The van der Waals surface area contributed by atoms with Crippen LogP contribution in [0.2, 0.25) is 5.02 Å². The molecule has 29 heavy (non-hydrogen) atoms. The van der Waals surface area contributed by atoms with E-state index in [1.807, 2.05) is 12.1 Å². The van der Waals surface area contributed by atoms with Gasteiger partial charge in [-0.3, -0.25) is 0 Å². The highest BCUT2D eigenvalue weighted by Crippen LogP contribution is 2.28. The number of anilines is 1. The van der Waals surface area contributed by atoms with Gasteiger partial charge in [-0.1, -0.05) is 51.8 Å². The normalized spacial score (nSPS) is 15.6. The number of thiazole rings is 1. The number of rotatable bonds is 5. The average Bonchev–Trinajstić information content (AvgIpc) is 3.17. The van der Waals surface area contributed by atoms with E-state index in [1.54, 1.807) is 35.6 Å². The van der Waals surface area contributed by atoms with Crippen LogP contribution in [-0.2, 0) is 16.4 Å². The molecular weight excluding hydrogens is 494 g/mol. The summed E-state index contributed by atoms with van der Waals surface area (Å²) in [6.45, 7) is 2.03. The Hall–Kier alpha value is -1.45. The first-order valence-corrected chi connectivity index (χ1v) is 12.6. The Balaban J connectivity index is 1.41. The van der Waals surface area contributed by atoms with Gasteiger partial charge in [-0.25, -0.2) is 13.4 Å². The van der Waals surface area contributed by atoms with E-state index in [9.17, 15) is 8.42 Å². The second-order valence-electron chi connectivity index (χ2n) is 6.75. The average molecular weight is 513 g/mol. The van der Waals surface area contributed by atoms with Crippen molar-refractivity contribution in [3.63, 3.8) is 0 Å². The van der Waals surface area contributed by atoms with Crippen LogP contribution in [0.4, 0.5) is 5.13 Å². The first-order valence-electron chi connectivity index (χ1n) is 9.12. The summed E-state index contributed by atoms with van der Waals surface area (Å²) in [7, 11) is -3.58. The van der Waals surface area contributed by atoms with Crippen LogP contribution in [0.15, 0.2) is 63.3 Å². The Morgan fingerprint density at radius 3 is 2.55 bits per heavy atom. The Morgan fingerprint density at radius 2 is 1.83 bits per heavy atom. The molecule has 5 nitrogen and oxygen atoms in total. The molecule has 1 aromatic heterocycles. The molecule has 1 aliphatic heterocycles. The van der Waals surface area contributed by atoms with Crippen molar-refractivity contribution < 1.29 is 8.42 Å². The van der Waals surface area contributed by atoms with Crippen LogP contribution in [0.1, 0.15) is 11.3 Å². The SMILES string of the molecule is O=S(=O)(c1ccccc1Cl)N1CCN(c2nc(Cc3cccc(Br)c3)cs2)CC1. The predicted octanol–water partition coefficient (Wildman–Crippen LogP) is 4.66. The molecular formula is C20H19BrClN3O2S2. The van der Waals surface area contributed by atoms with Crippen LogP contribution in [0, 0.1) is 0 Å². The zero-order valence-corrected chi connectivity index (χ0v) is 19.4. The van der Waals surface area contributed by atoms with Crippen LogP contribution in [-0.4, -0.2) is 43.9 Å². The van der Waals surface area contributed by atoms with Crippen molar-refractivity contribution in [2.45, 2.75) is 11.3 Å². The molecule has 0 aliphatic carbocycles. The molecule has 0 atom stereocenters. The molecule has 1 aliphatic rings. The van der Waals surface area contributed by atoms with Gasteiger partial charge in [-0.05, 0) is 29.8 Å². The summed E-state index contributed by atoms with van der Waals surface area (Å²) < 4.78 is 28.3. The van der Waals surface area contributed by atoms with E-state index in [-0.39, 0.29) is 9.92 Å². The van der Waals surface area contributed by atoms with Gasteiger partial charge in [0.05, 0.1) is 10.7 Å². The second kappa shape index (κ2) is 8.73. The van der Waals surface area contributed by atoms with E-state index < -0.39 is 10.0 Å². The van der Waals surface area contributed by atoms with Crippen molar-refractivity contribution in [1.29, 1.82) is 0 Å². The monoisotopic (exact) mass is 511 g/mol. The quantitative estimate of drug-likeness (QED) is 0.499. The number of nitrogens with zero attached hydrogens (tertiary/aromatic N) is 3. The number of benzene rings is 2. The summed E-state index contributed by atoms with van der Waals surface area (Å²) in [5.74, 6) is 0. The van der Waals surface area contributed by atoms with Crippen LogP contribution < -0.4 is 4.90 Å². The van der Waals surface area contributed by atoms with Crippen molar-refractivity contribution >= 4 is 54.0 Å². The molecule has 0 amide bonds. The van der Waals surface area contributed by atoms with Crippen molar-refractivity contribution in [3.8, 4) is 0 Å². The Bertz CT molecular complexity index is 1110. The zero-order chi connectivity index (χ0) is 20.4. The maximum Gasteiger partial charge on any atom is 0.244 e. The Kier molecular flexibility index (Phi) is 6.27. The van der Waals surface area contributed by atoms with Gasteiger partial charge in [-0.15, -0.1) is 11.3 Å². The third-order valence-corrected chi connectivity index (χ3v) is 8.62. The van der Waals surface area contributed by atoms with Gasteiger partial charge >= 0.3 is 0 Å². The number of piperazine rings is 1. The van der Waals surface area contributed by atoms with Crippen molar-refractivity contribution in [3.05, 3.63) is 74.7 Å². The highest BCUT2D eigenvalue weighted by molar-refractivity contribution is 9.10. The fraction of sp³-hybridized carbons (Fsp3) is 0.250. The third-order valence-electron chi connectivity index (χ3n) is 4.78. The predicted molar refractivity (Wildman–Crippen MR) is 121 cm³/mol. The smallest absolute Gasteiger partial charge is 0.244 e. The molecule has 152 valence electrons. The largest absolute Gasteiger partial charge is 0.345 e. The molecule has 1 saturated heterocycles. The van der Waals surface area contributed by atoms with Crippen molar-refractivity contribution in [1.82, 2.24) is 9.29 Å². The van der Waals surface area contributed by atoms with E-state index in [1.165, 1.54) is 9.87 Å². The molecule has 2 heterocycles. The summed E-state index contributed by atoms with van der Waals surface area (Å²) in [5.41, 5.74) is 2.22. The van der Waals surface area contributed by atoms with Crippen LogP contribution in [0.5, 0.6) is 0 Å². The van der Waals surface area contributed by atoms with Crippen LogP contribution >= 0.6 is 38.9 Å². The molecule has 3 aromatic rings. The molecule has 0 N–H and O–H groups in total. The Labute approximate surface area is 188 Å². The molecule has 4 rings (SSSR count). The molecule has 0 saturated carbocycles. The zero-order valence-electron chi connectivity index (χ0n) is 15.5. The lowest BCUT2D eigenvalue weighted by Gasteiger charge is -2.33. The van der Waals surface area contributed by atoms with E-state index in [4.69, 9.17) is 16.6 Å². The molecule has 2 aromatic carbocycles. The van der Waals surface area contributed by atoms with E-state index in [0.717, 1.165) is 21.7 Å². The minimum Gasteiger partial charge on any atom is -0.345 e. The summed E-state index contributed by atoms with van der Waals surface area (Å²) in [4.78, 5) is 7.07.